The lowest BCUT2D eigenvalue weighted by atomic mass is 10.2. The van der Waals surface area contributed by atoms with Gasteiger partial charge in [-0.2, -0.15) is 0 Å². The van der Waals surface area contributed by atoms with Crippen LogP contribution in [-0.4, -0.2) is 0 Å². The Morgan fingerprint density at radius 2 is 1.30 bits per heavy atom. The highest BCUT2D eigenvalue weighted by Crippen LogP contribution is 2.19. The summed E-state index contributed by atoms with van der Waals surface area (Å²) in [6.07, 6.45) is 0.687. The molecule has 20 heavy (non-hydrogen) atoms. The van der Waals surface area contributed by atoms with E-state index >= 15 is 0 Å². The highest BCUT2D eigenvalue weighted by atomic mass is 35.5. The molecule has 0 aromatic heterocycles. The van der Waals surface area contributed by atoms with Crippen LogP contribution in [0.4, 0.5) is 8.78 Å². The lowest BCUT2D eigenvalue weighted by Crippen LogP contribution is -1.86. The summed E-state index contributed by atoms with van der Waals surface area (Å²) in [5, 5.41) is 0.331. The SMILES string of the molecule is CCc1cccc(Cl)c1F.Fc1c(Cl)cccc1CCl. The van der Waals surface area contributed by atoms with Gasteiger partial charge in [-0.3, -0.25) is 0 Å². The van der Waals surface area contributed by atoms with Gasteiger partial charge in [0.05, 0.1) is 15.9 Å². The molecule has 0 unspecified atom stereocenters. The van der Waals surface area contributed by atoms with Gasteiger partial charge in [-0.15, -0.1) is 11.6 Å². The first-order valence-corrected chi connectivity index (χ1v) is 7.22. The molecule has 0 aliphatic carbocycles. The molecule has 2 aromatic carbocycles. The maximum atomic E-state index is 12.9. The number of halogens is 5. The van der Waals surface area contributed by atoms with Crippen LogP contribution in [0.5, 0.6) is 0 Å². The zero-order chi connectivity index (χ0) is 15.1. The van der Waals surface area contributed by atoms with Crippen molar-refractivity contribution in [3.05, 3.63) is 69.2 Å². The quantitative estimate of drug-likeness (QED) is 0.567. The second kappa shape index (κ2) is 8.46. The summed E-state index contributed by atoms with van der Waals surface area (Å²) in [5.41, 5.74) is 1.11. The molecule has 0 bridgehead atoms. The Labute approximate surface area is 132 Å². The van der Waals surface area contributed by atoms with Crippen LogP contribution < -0.4 is 0 Å². The van der Waals surface area contributed by atoms with Crippen molar-refractivity contribution in [1.29, 1.82) is 0 Å². The largest absolute Gasteiger partial charge is 0.205 e. The molecule has 0 atom stereocenters. The Kier molecular flexibility index (Phi) is 7.28. The van der Waals surface area contributed by atoms with Crippen LogP contribution in [0, 0.1) is 11.6 Å². The minimum Gasteiger partial charge on any atom is -0.205 e. The topological polar surface area (TPSA) is 0 Å². The fraction of sp³-hybridized carbons (Fsp3) is 0.200. The first-order valence-electron chi connectivity index (χ1n) is 5.93. The second-order valence-electron chi connectivity index (χ2n) is 3.91. The van der Waals surface area contributed by atoms with E-state index in [1.807, 2.05) is 6.92 Å². The lowest BCUT2D eigenvalue weighted by molar-refractivity contribution is 0.612. The first-order chi connectivity index (χ1) is 9.51. The van der Waals surface area contributed by atoms with E-state index in [0.717, 1.165) is 0 Å². The average Bonchev–Trinajstić information content (AvgIpc) is 2.45. The third kappa shape index (κ3) is 4.62. The van der Waals surface area contributed by atoms with Gasteiger partial charge in [0.1, 0.15) is 11.6 Å². The molecule has 2 aromatic rings. The predicted octanol–water partition coefficient (Wildman–Crippen LogP) is 6.26. The molecule has 0 amide bonds. The molecule has 0 aliphatic rings. The van der Waals surface area contributed by atoms with E-state index in [9.17, 15) is 8.78 Å². The Bertz CT molecular complexity index is 520. The summed E-state index contributed by atoms with van der Waals surface area (Å²) in [6, 6.07) is 9.81. The van der Waals surface area contributed by atoms with Crippen molar-refractivity contribution in [3.63, 3.8) is 0 Å². The minimum atomic E-state index is -0.417. The summed E-state index contributed by atoms with van der Waals surface area (Å²) in [7, 11) is 0. The monoisotopic (exact) mass is 336 g/mol. The van der Waals surface area contributed by atoms with Gasteiger partial charge in [0.15, 0.2) is 0 Å². The van der Waals surface area contributed by atoms with Crippen LogP contribution in [0.3, 0.4) is 0 Å². The van der Waals surface area contributed by atoms with Crippen molar-refractivity contribution in [1.82, 2.24) is 0 Å². The van der Waals surface area contributed by atoms with E-state index in [1.54, 1.807) is 30.3 Å². The highest BCUT2D eigenvalue weighted by molar-refractivity contribution is 6.31. The van der Waals surface area contributed by atoms with Crippen molar-refractivity contribution in [3.8, 4) is 0 Å². The molecule has 0 radical (unpaired) electrons. The third-order valence-corrected chi connectivity index (χ3v) is 3.46. The van der Waals surface area contributed by atoms with Gasteiger partial charge in [0.2, 0.25) is 0 Å². The maximum absolute atomic E-state index is 12.9. The molecule has 0 spiro atoms. The third-order valence-electron chi connectivity index (χ3n) is 2.59. The smallest absolute Gasteiger partial charge is 0.146 e. The van der Waals surface area contributed by atoms with E-state index in [-0.39, 0.29) is 21.7 Å². The van der Waals surface area contributed by atoms with Crippen LogP contribution >= 0.6 is 34.8 Å². The van der Waals surface area contributed by atoms with Gasteiger partial charge in [-0.25, -0.2) is 8.78 Å². The summed E-state index contributed by atoms with van der Waals surface area (Å²) >= 11 is 16.4. The number of rotatable bonds is 2. The Balaban J connectivity index is 0.000000200. The van der Waals surface area contributed by atoms with Crippen LogP contribution in [-0.2, 0) is 12.3 Å². The van der Waals surface area contributed by atoms with E-state index in [0.29, 0.717) is 17.5 Å². The fourth-order valence-electron chi connectivity index (χ4n) is 1.47. The van der Waals surface area contributed by atoms with Crippen molar-refractivity contribution in [2.45, 2.75) is 19.2 Å². The molecule has 108 valence electrons. The summed E-state index contributed by atoms with van der Waals surface area (Å²) in [5.74, 6) is -0.544. The predicted molar refractivity (Wildman–Crippen MR) is 81.8 cm³/mol. The van der Waals surface area contributed by atoms with Gasteiger partial charge in [0.25, 0.3) is 0 Å². The Morgan fingerprint density at radius 1 is 0.850 bits per heavy atom. The Hall–Kier alpha value is -0.830. The summed E-state index contributed by atoms with van der Waals surface area (Å²) < 4.78 is 25.7. The van der Waals surface area contributed by atoms with Crippen molar-refractivity contribution in [2.75, 3.05) is 0 Å². The molecule has 0 saturated heterocycles. The summed E-state index contributed by atoms with van der Waals surface area (Å²) in [6.45, 7) is 1.90. The van der Waals surface area contributed by atoms with Crippen LogP contribution in [0.1, 0.15) is 18.1 Å². The minimum absolute atomic E-state index is 0.123. The van der Waals surface area contributed by atoms with Gasteiger partial charge >= 0.3 is 0 Å². The number of hydrogen-bond donors (Lipinski definition) is 0. The lowest BCUT2D eigenvalue weighted by Gasteiger charge is -1.98. The van der Waals surface area contributed by atoms with E-state index in [4.69, 9.17) is 34.8 Å². The van der Waals surface area contributed by atoms with Crippen molar-refractivity contribution >= 4 is 34.8 Å². The molecule has 5 heteroatoms. The first kappa shape index (κ1) is 17.2. The van der Waals surface area contributed by atoms with Gasteiger partial charge in [-0.1, -0.05) is 54.4 Å². The zero-order valence-corrected chi connectivity index (χ0v) is 13.0. The number of aryl methyl sites for hydroxylation is 1. The molecule has 0 heterocycles. The standard InChI is InChI=1S/C8H8ClF.C7H5Cl2F/c1-2-6-4-3-5-7(9)8(6)10;8-4-5-2-1-3-6(9)7(5)10/h3-5H,2H2,1H3;1-3H,4H2. The summed E-state index contributed by atoms with van der Waals surface area (Å²) in [4.78, 5) is 0. The van der Waals surface area contributed by atoms with Crippen molar-refractivity contribution < 1.29 is 8.78 Å². The molecule has 0 nitrogen and oxygen atoms in total. The highest BCUT2D eigenvalue weighted by Gasteiger charge is 2.03. The van der Waals surface area contributed by atoms with Crippen molar-refractivity contribution in [2.24, 2.45) is 0 Å². The fourth-order valence-corrected chi connectivity index (χ4v) is 2.07. The molecule has 2 rings (SSSR count). The molecule has 0 saturated carbocycles. The van der Waals surface area contributed by atoms with E-state index in [2.05, 4.69) is 0 Å². The normalized spacial score (nSPS) is 9.90. The maximum Gasteiger partial charge on any atom is 0.146 e. The van der Waals surface area contributed by atoms with E-state index in [1.165, 1.54) is 6.07 Å². The van der Waals surface area contributed by atoms with Crippen LogP contribution in [0.2, 0.25) is 10.0 Å². The molecule has 0 aliphatic heterocycles. The van der Waals surface area contributed by atoms with Crippen LogP contribution in [0.25, 0.3) is 0 Å². The number of hydrogen-bond acceptors (Lipinski definition) is 0. The number of benzene rings is 2. The molecular weight excluding hydrogens is 325 g/mol. The van der Waals surface area contributed by atoms with E-state index < -0.39 is 5.82 Å². The molecular formula is C15H13Cl3F2. The van der Waals surface area contributed by atoms with Crippen LogP contribution in [0.15, 0.2) is 36.4 Å². The zero-order valence-electron chi connectivity index (χ0n) is 10.8. The molecule has 0 fully saturated rings. The number of alkyl halides is 1. The van der Waals surface area contributed by atoms with Gasteiger partial charge < -0.3 is 0 Å². The second-order valence-corrected chi connectivity index (χ2v) is 4.99. The van der Waals surface area contributed by atoms with Gasteiger partial charge in [-0.05, 0) is 24.1 Å². The van der Waals surface area contributed by atoms with Gasteiger partial charge in [0, 0.05) is 5.56 Å². The average molecular weight is 338 g/mol. The Morgan fingerprint density at radius 3 is 1.65 bits per heavy atom. The molecule has 0 N–H and O–H groups in total.